The van der Waals surface area contributed by atoms with Crippen LogP contribution in [0.5, 0.6) is 0 Å². The van der Waals surface area contributed by atoms with Crippen LogP contribution in [0.2, 0.25) is 0 Å². The van der Waals surface area contributed by atoms with E-state index in [9.17, 15) is 18.8 Å². The Morgan fingerprint density at radius 1 is 1.27 bits per heavy atom. The molecule has 1 fully saturated rings. The number of rotatable bonds is 8. The Bertz CT molecular complexity index is 1170. The fourth-order valence-electron chi connectivity index (χ4n) is 3.76. The molecule has 0 saturated carbocycles. The lowest BCUT2D eigenvalue weighted by molar-refractivity contribution is -0.134. The molecule has 0 unspecified atom stereocenters. The van der Waals surface area contributed by atoms with E-state index in [4.69, 9.17) is 10.8 Å². The monoisotopic (exact) mass is 455 g/mol. The van der Waals surface area contributed by atoms with Crippen molar-refractivity contribution in [1.82, 2.24) is 14.9 Å². The van der Waals surface area contributed by atoms with E-state index < -0.39 is 11.4 Å². The molecule has 0 spiro atoms. The van der Waals surface area contributed by atoms with Crippen molar-refractivity contribution < 1.29 is 18.7 Å². The second-order valence-electron chi connectivity index (χ2n) is 7.86. The number of halogens is 1. The molecule has 33 heavy (non-hydrogen) atoms. The van der Waals surface area contributed by atoms with Gasteiger partial charge in [-0.15, -0.1) is 0 Å². The van der Waals surface area contributed by atoms with Crippen LogP contribution in [-0.4, -0.2) is 58.4 Å². The smallest absolute Gasteiger partial charge is 0.258 e. The number of Topliss-reactive ketones (excluding diaryl/α,β-unsaturated/α-hetero) is 1. The number of aryl methyl sites for hydroxylation is 1. The van der Waals surface area contributed by atoms with Crippen LogP contribution >= 0.6 is 0 Å². The van der Waals surface area contributed by atoms with Gasteiger partial charge in [-0.2, -0.15) is 0 Å². The Morgan fingerprint density at radius 2 is 2.00 bits per heavy atom. The molecule has 1 aliphatic heterocycles. The number of nitrogens with one attached hydrogen (secondary N) is 3. The fourth-order valence-corrected chi connectivity index (χ4v) is 3.76. The molecular formula is C23H26FN5O4. The molecule has 9 nitrogen and oxygen atoms in total. The highest BCUT2D eigenvalue weighted by Gasteiger charge is 2.28. The summed E-state index contributed by atoms with van der Waals surface area (Å²) >= 11 is 0. The molecule has 2 aromatic rings. The SMILES string of the molecule is COC(=N)C=CC(=N)C(=O)C1CCN(C(=O)CCCc2nc3ccc(F)cc3c(=O)[nH]2)CC1. The van der Waals surface area contributed by atoms with Crippen molar-refractivity contribution in [3.63, 3.8) is 0 Å². The fraction of sp³-hybridized carbons (Fsp3) is 0.391. The average molecular weight is 455 g/mol. The number of aromatic nitrogens is 2. The number of methoxy groups -OCH3 is 1. The number of benzene rings is 1. The van der Waals surface area contributed by atoms with E-state index in [2.05, 4.69) is 14.7 Å². The van der Waals surface area contributed by atoms with Crippen LogP contribution < -0.4 is 5.56 Å². The molecule has 3 N–H and O–H groups in total. The van der Waals surface area contributed by atoms with Gasteiger partial charge in [0.15, 0.2) is 5.78 Å². The van der Waals surface area contributed by atoms with E-state index in [0.717, 1.165) is 6.07 Å². The molecule has 10 heteroatoms. The first kappa shape index (κ1) is 24.0. The summed E-state index contributed by atoms with van der Waals surface area (Å²) in [6.45, 7) is 0.882. The number of aromatic amines is 1. The minimum Gasteiger partial charge on any atom is -0.481 e. The van der Waals surface area contributed by atoms with Gasteiger partial charge >= 0.3 is 0 Å². The van der Waals surface area contributed by atoms with Crippen LogP contribution in [0, 0.1) is 22.6 Å². The van der Waals surface area contributed by atoms with E-state index in [1.54, 1.807) is 4.90 Å². The van der Waals surface area contributed by atoms with Gasteiger partial charge in [-0.05, 0) is 43.5 Å². The number of hydrogen-bond acceptors (Lipinski definition) is 7. The van der Waals surface area contributed by atoms with Crippen LogP contribution in [-0.2, 0) is 20.7 Å². The van der Waals surface area contributed by atoms with Crippen molar-refractivity contribution in [2.75, 3.05) is 20.2 Å². The van der Waals surface area contributed by atoms with Crippen molar-refractivity contribution in [2.45, 2.75) is 32.1 Å². The first-order valence-electron chi connectivity index (χ1n) is 10.7. The van der Waals surface area contributed by atoms with Crippen LogP contribution in [0.4, 0.5) is 4.39 Å². The second kappa shape index (κ2) is 10.8. The molecule has 1 aliphatic rings. The average Bonchev–Trinajstić information content (AvgIpc) is 2.82. The van der Waals surface area contributed by atoms with Gasteiger partial charge in [0.05, 0.1) is 23.7 Å². The summed E-state index contributed by atoms with van der Waals surface area (Å²) in [6, 6.07) is 3.85. The topological polar surface area (TPSA) is 140 Å². The zero-order valence-corrected chi connectivity index (χ0v) is 18.3. The molecule has 0 aliphatic carbocycles. The van der Waals surface area contributed by atoms with Crippen LogP contribution in [0.15, 0.2) is 35.1 Å². The number of amides is 1. The quantitative estimate of drug-likeness (QED) is 0.414. The number of piperidine rings is 1. The molecule has 1 aromatic heterocycles. The summed E-state index contributed by atoms with van der Waals surface area (Å²) < 4.78 is 18.0. The van der Waals surface area contributed by atoms with Crippen molar-refractivity contribution in [3.05, 3.63) is 52.3 Å². The van der Waals surface area contributed by atoms with Crippen LogP contribution in [0.1, 0.15) is 31.5 Å². The molecule has 1 amide bonds. The third-order valence-corrected chi connectivity index (χ3v) is 5.63. The maximum Gasteiger partial charge on any atom is 0.258 e. The number of ketones is 1. The van der Waals surface area contributed by atoms with Crippen molar-refractivity contribution in [3.8, 4) is 0 Å². The van der Waals surface area contributed by atoms with Gasteiger partial charge in [-0.1, -0.05) is 0 Å². The minimum absolute atomic E-state index is 0.0328. The number of carbonyl (C=O) groups is 2. The number of H-pyrrole nitrogens is 1. The van der Waals surface area contributed by atoms with E-state index in [0.29, 0.717) is 50.1 Å². The maximum absolute atomic E-state index is 13.3. The molecule has 2 heterocycles. The summed E-state index contributed by atoms with van der Waals surface area (Å²) in [6.07, 6.45) is 4.67. The maximum atomic E-state index is 13.3. The number of nitrogens with zero attached hydrogens (tertiary/aromatic N) is 2. The summed E-state index contributed by atoms with van der Waals surface area (Å²) in [4.78, 5) is 45.7. The van der Waals surface area contributed by atoms with Crippen molar-refractivity contribution in [2.24, 2.45) is 5.92 Å². The number of allylic oxidation sites excluding steroid dienone is 1. The lowest BCUT2D eigenvalue weighted by atomic mass is 9.90. The standard InChI is InChI=1S/C23H26FN5O4/c1-33-19(26)8-6-17(25)22(31)14-9-11-29(12-10-14)21(30)4-2-3-20-27-18-7-5-15(24)13-16(18)23(32)28-20/h5-8,13-14,25-26H,2-4,9-12H2,1H3,(H,27,28,32). The molecule has 0 bridgehead atoms. The molecule has 174 valence electrons. The van der Waals surface area contributed by atoms with Gasteiger partial charge < -0.3 is 14.6 Å². The minimum atomic E-state index is -0.501. The van der Waals surface area contributed by atoms with Crippen molar-refractivity contribution in [1.29, 1.82) is 10.8 Å². The van der Waals surface area contributed by atoms with Gasteiger partial charge in [-0.3, -0.25) is 25.2 Å². The Kier molecular flexibility index (Phi) is 7.81. The van der Waals surface area contributed by atoms with Crippen molar-refractivity contribution >= 4 is 34.2 Å². The summed E-state index contributed by atoms with van der Waals surface area (Å²) in [5.41, 5.74) is -0.180. The van der Waals surface area contributed by atoms with E-state index >= 15 is 0 Å². The van der Waals surface area contributed by atoms with E-state index in [-0.39, 0.29) is 41.0 Å². The zero-order chi connectivity index (χ0) is 24.0. The largest absolute Gasteiger partial charge is 0.481 e. The molecule has 1 saturated heterocycles. The third-order valence-electron chi connectivity index (χ3n) is 5.63. The highest BCUT2D eigenvalue weighted by Crippen LogP contribution is 2.20. The van der Waals surface area contributed by atoms with Crippen LogP contribution in [0.3, 0.4) is 0 Å². The van der Waals surface area contributed by atoms with E-state index in [1.165, 1.54) is 31.4 Å². The second-order valence-corrected chi connectivity index (χ2v) is 7.86. The Morgan fingerprint density at radius 3 is 2.70 bits per heavy atom. The molecule has 3 rings (SSSR count). The predicted octanol–water partition coefficient (Wildman–Crippen LogP) is 2.39. The highest BCUT2D eigenvalue weighted by atomic mass is 19.1. The lowest BCUT2D eigenvalue weighted by Gasteiger charge is -2.31. The highest BCUT2D eigenvalue weighted by molar-refractivity contribution is 6.44. The first-order valence-corrected chi connectivity index (χ1v) is 10.7. The third kappa shape index (κ3) is 6.18. The molecular weight excluding hydrogens is 429 g/mol. The molecule has 1 aromatic carbocycles. The Hall–Kier alpha value is -3.69. The summed E-state index contributed by atoms with van der Waals surface area (Å²) in [5, 5.41) is 15.4. The number of hydrogen-bond donors (Lipinski definition) is 3. The Balaban J connectivity index is 1.46. The number of carbonyl (C=O) groups excluding carboxylic acids is 2. The lowest BCUT2D eigenvalue weighted by Crippen LogP contribution is -2.41. The number of fused-ring (bicyclic) bond motifs is 1. The number of likely N-dealkylation sites (tertiary alicyclic amines) is 1. The van der Waals surface area contributed by atoms with E-state index in [1.807, 2.05) is 0 Å². The first-order chi connectivity index (χ1) is 15.8. The summed E-state index contributed by atoms with van der Waals surface area (Å²) in [7, 11) is 1.34. The van der Waals surface area contributed by atoms with Gasteiger partial charge in [0, 0.05) is 37.9 Å². The zero-order valence-electron chi connectivity index (χ0n) is 18.3. The van der Waals surface area contributed by atoms with Gasteiger partial charge in [-0.25, -0.2) is 9.37 Å². The summed E-state index contributed by atoms with van der Waals surface area (Å²) in [5.74, 6) is -0.838. The van der Waals surface area contributed by atoms with Gasteiger partial charge in [0.2, 0.25) is 11.8 Å². The van der Waals surface area contributed by atoms with Crippen LogP contribution in [0.25, 0.3) is 10.9 Å². The van der Waals surface area contributed by atoms with Gasteiger partial charge in [0.1, 0.15) is 11.6 Å². The Labute approximate surface area is 189 Å². The molecule has 0 radical (unpaired) electrons. The van der Waals surface area contributed by atoms with Gasteiger partial charge in [0.25, 0.3) is 5.56 Å². The number of ether oxygens (including phenoxy) is 1. The predicted molar refractivity (Wildman–Crippen MR) is 121 cm³/mol. The molecule has 0 atom stereocenters. The normalized spacial score (nSPS) is 14.5.